The molecule has 2 aliphatic heterocycles. The lowest BCUT2D eigenvalue weighted by atomic mass is 10.1. The molecule has 1 N–H and O–H groups in total. The van der Waals surface area contributed by atoms with Gasteiger partial charge in [-0.3, -0.25) is 9.80 Å². The Kier molecular flexibility index (Phi) is 10.9. The van der Waals surface area contributed by atoms with Crippen LogP contribution in [0.2, 0.25) is 0 Å². The molecule has 2 atom stereocenters. The smallest absolute Gasteiger partial charge is 0.407 e. The summed E-state index contributed by atoms with van der Waals surface area (Å²) in [5.41, 5.74) is 0.179. The number of carbonyl (C=O) groups is 1. The molecule has 1 aromatic carbocycles. The van der Waals surface area contributed by atoms with E-state index < -0.39 is 5.60 Å². The second-order valence-corrected chi connectivity index (χ2v) is 9.52. The molecular formula is C24H37BrN4O4. The van der Waals surface area contributed by atoms with E-state index in [1.807, 2.05) is 32.9 Å². The van der Waals surface area contributed by atoms with Crippen LogP contribution in [0.15, 0.2) is 24.3 Å². The first-order valence-electron chi connectivity index (χ1n) is 11.5. The predicted molar refractivity (Wildman–Crippen MR) is 132 cm³/mol. The second kappa shape index (κ2) is 13.1. The van der Waals surface area contributed by atoms with E-state index >= 15 is 0 Å². The van der Waals surface area contributed by atoms with Gasteiger partial charge in [0.25, 0.3) is 0 Å². The highest BCUT2D eigenvalue weighted by Gasteiger charge is 2.34. The second-order valence-electron chi connectivity index (χ2n) is 9.52. The van der Waals surface area contributed by atoms with Crippen LogP contribution in [0.5, 0.6) is 5.75 Å². The molecule has 2 unspecified atom stereocenters. The minimum absolute atomic E-state index is 0. The number of ether oxygens (including phenoxy) is 3. The Labute approximate surface area is 207 Å². The number of amides is 1. The third-order valence-electron chi connectivity index (χ3n) is 5.42. The molecular weight excluding hydrogens is 488 g/mol. The van der Waals surface area contributed by atoms with E-state index in [1.54, 1.807) is 12.1 Å². The first-order chi connectivity index (χ1) is 15.3. The molecule has 9 heteroatoms. The molecule has 2 bridgehead atoms. The summed E-state index contributed by atoms with van der Waals surface area (Å²) in [7, 11) is 0. The van der Waals surface area contributed by atoms with E-state index in [0.29, 0.717) is 18.7 Å². The summed E-state index contributed by atoms with van der Waals surface area (Å²) >= 11 is 0. The number of halogens is 1. The van der Waals surface area contributed by atoms with Gasteiger partial charge in [-0.25, -0.2) is 4.79 Å². The van der Waals surface area contributed by atoms with Gasteiger partial charge < -0.3 is 19.5 Å². The van der Waals surface area contributed by atoms with Gasteiger partial charge in [-0.2, -0.15) is 5.26 Å². The SMILES string of the molecule is Br.CC(C)(C)OC(=O)NCCCN1CC2CN(CCCOc3ccc(C#N)cc3)CC(C1)O2. The molecule has 1 aromatic rings. The molecule has 2 aliphatic rings. The molecule has 2 saturated heterocycles. The summed E-state index contributed by atoms with van der Waals surface area (Å²) in [4.78, 5) is 16.6. The van der Waals surface area contributed by atoms with Crippen LogP contribution in [0.3, 0.4) is 0 Å². The lowest BCUT2D eigenvalue weighted by Crippen LogP contribution is -2.59. The van der Waals surface area contributed by atoms with Crippen LogP contribution in [-0.4, -0.2) is 86.1 Å². The van der Waals surface area contributed by atoms with E-state index in [-0.39, 0.29) is 35.3 Å². The number of nitriles is 1. The molecule has 2 heterocycles. The largest absolute Gasteiger partial charge is 0.494 e. The minimum Gasteiger partial charge on any atom is -0.494 e. The minimum atomic E-state index is -0.465. The van der Waals surface area contributed by atoms with Gasteiger partial charge >= 0.3 is 6.09 Å². The van der Waals surface area contributed by atoms with E-state index in [2.05, 4.69) is 21.2 Å². The van der Waals surface area contributed by atoms with E-state index in [0.717, 1.165) is 57.9 Å². The average molecular weight is 525 g/mol. The molecule has 184 valence electrons. The van der Waals surface area contributed by atoms with Crippen molar-refractivity contribution in [3.8, 4) is 11.8 Å². The van der Waals surface area contributed by atoms with E-state index in [4.69, 9.17) is 19.5 Å². The zero-order valence-corrected chi connectivity index (χ0v) is 21.6. The van der Waals surface area contributed by atoms with Crippen LogP contribution in [0, 0.1) is 11.3 Å². The number of carbonyl (C=O) groups excluding carboxylic acids is 1. The molecule has 1 amide bonds. The fourth-order valence-corrected chi connectivity index (χ4v) is 4.14. The maximum absolute atomic E-state index is 11.7. The molecule has 0 aromatic heterocycles. The van der Waals surface area contributed by atoms with Crippen LogP contribution < -0.4 is 10.1 Å². The van der Waals surface area contributed by atoms with Crippen molar-refractivity contribution in [1.29, 1.82) is 5.26 Å². The van der Waals surface area contributed by atoms with Crippen molar-refractivity contribution in [2.45, 2.75) is 51.4 Å². The summed E-state index contributed by atoms with van der Waals surface area (Å²) in [5, 5.41) is 11.7. The summed E-state index contributed by atoms with van der Waals surface area (Å²) in [6.07, 6.45) is 1.98. The van der Waals surface area contributed by atoms with Crippen LogP contribution >= 0.6 is 17.0 Å². The highest BCUT2D eigenvalue weighted by atomic mass is 79.9. The van der Waals surface area contributed by atoms with Crippen LogP contribution in [0.1, 0.15) is 39.2 Å². The number of hydrogen-bond donors (Lipinski definition) is 1. The lowest BCUT2D eigenvalue weighted by Gasteiger charge is -2.46. The van der Waals surface area contributed by atoms with Crippen molar-refractivity contribution < 1.29 is 19.0 Å². The monoisotopic (exact) mass is 524 g/mol. The Bertz CT molecular complexity index is 764. The van der Waals surface area contributed by atoms with Crippen molar-refractivity contribution in [2.24, 2.45) is 0 Å². The summed E-state index contributed by atoms with van der Waals surface area (Å²) in [6.45, 7) is 12.6. The van der Waals surface area contributed by atoms with Crippen molar-refractivity contribution in [2.75, 3.05) is 52.4 Å². The molecule has 33 heavy (non-hydrogen) atoms. The third-order valence-corrected chi connectivity index (χ3v) is 5.42. The van der Waals surface area contributed by atoms with Gasteiger partial charge in [0.05, 0.1) is 30.4 Å². The van der Waals surface area contributed by atoms with Crippen LogP contribution in [0.4, 0.5) is 4.79 Å². The Morgan fingerprint density at radius 3 is 2.21 bits per heavy atom. The summed E-state index contributed by atoms with van der Waals surface area (Å²) in [6, 6.07) is 9.35. The van der Waals surface area contributed by atoms with Crippen LogP contribution in [0.25, 0.3) is 0 Å². The Morgan fingerprint density at radius 2 is 1.67 bits per heavy atom. The highest BCUT2D eigenvalue weighted by Crippen LogP contribution is 2.20. The zero-order valence-electron chi connectivity index (χ0n) is 19.9. The molecule has 3 rings (SSSR count). The number of alkyl carbamates (subject to hydrolysis) is 1. The molecule has 0 radical (unpaired) electrons. The molecule has 0 spiro atoms. The predicted octanol–water partition coefficient (Wildman–Crippen LogP) is 3.20. The van der Waals surface area contributed by atoms with Gasteiger partial charge in [-0.15, -0.1) is 17.0 Å². The number of benzene rings is 1. The van der Waals surface area contributed by atoms with Crippen LogP contribution in [-0.2, 0) is 9.47 Å². The third kappa shape index (κ3) is 9.88. The normalized spacial score (nSPS) is 20.9. The molecule has 0 saturated carbocycles. The zero-order chi connectivity index (χ0) is 23.0. The Morgan fingerprint density at radius 1 is 1.09 bits per heavy atom. The lowest BCUT2D eigenvalue weighted by molar-refractivity contribution is -0.138. The topological polar surface area (TPSA) is 87.1 Å². The first kappa shape index (κ1) is 27.4. The standard InChI is InChI=1S/C24H36N4O4.BrH/c1-24(2,3)32-23(29)26-10-4-11-27-15-21-17-28(18-22(16-27)31-21)12-5-13-30-20-8-6-19(14-25)7-9-20;/h6-9,21-22H,4-5,10-13,15-18H2,1-3H3,(H,26,29);1H. The van der Waals surface area contributed by atoms with E-state index in [9.17, 15) is 4.79 Å². The van der Waals surface area contributed by atoms with Gasteiger partial charge in [0.1, 0.15) is 11.4 Å². The number of fused-ring (bicyclic) bond motifs is 2. The van der Waals surface area contributed by atoms with Gasteiger partial charge in [-0.05, 0) is 57.9 Å². The summed E-state index contributed by atoms with van der Waals surface area (Å²) in [5.74, 6) is 0.805. The fourth-order valence-electron chi connectivity index (χ4n) is 4.14. The van der Waals surface area contributed by atoms with Gasteiger partial charge in [0.2, 0.25) is 0 Å². The quantitative estimate of drug-likeness (QED) is 0.496. The maximum atomic E-state index is 11.7. The van der Waals surface area contributed by atoms with Crippen molar-refractivity contribution in [1.82, 2.24) is 15.1 Å². The van der Waals surface area contributed by atoms with Gasteiger partial charge in [0, 0.05) is 45.8 Å². The molecule has 8 nitrogen and oxygen atoms in total. The van der Waals surface area contributed by atoms with Crippen molar-refractivity contribution in [3.05, 3.63) is 29.8 Å². The molecule has 2 fully saturated rings. The van der Waals surface area contributed by atoms with E-state index in [1.165, 1.54) is 0 Å². The Balaban J connectivity index is 0.00000385. The fraction of sp³-hybridized carbons (Fsp3) is 0.667. The number of nitrogens with zero attached hydrogens (tertiary/aromatic N) is 3. The van der Waals surface area contributed by atoms with Crippen molar-refractivity contribution in [3.63, 3.8) is 0 Å². The Hall–Kier alpha value is -1.86. The number of morpholine rings is 2. The number of rotatable bonds is 9. The highest BCUT2D eigenvalue weighted by molar-refractivity contribution is 8.93. The first-order valence-corrected chi connectivity index (χ1v) is 11.5. The number of nitrogens with one attached hydrogen (secondary N) is 1. The average Bonchev–Trinajstić information content (AvgIpc) is 2.73. The maximum Gasteiger partial charge on any atom is 0.407 e. The number of hydrogen-bond acceptors (Lipinski definition) is 7. The summed E-state index contributed by atoms with van der Waals surface area (Å²) < 4.78 is 17.2. The van der Waals surface area contributed by atoms with Gasteiger partial charge in [-0.1, -0.05) is 0 Å². The molecule has 0 aliphatic carbocycles. The van der Waals surface area contributed by atoms with Crippen molar-refractivity contribution >= 4 is 23.1 Å². The van der Waals surface area contributed by atoms with Gasteiger partial charge in [0.15, 0.2) is 0 Å².